The molecule has 0 aromatic heterocycles. The molecule has 0 aromatic carbocycles. The van der Waals surface area contributed by atoms with E-state index < -0.39 is 11.1 Å². The highest BCUT2D eigenvalue weighted by molar-refractivity contribution is 5.87. The Balaban J connectivity index is 4.74. The zero-order valence-electron chi connectivity index (χ0n) is 9.81. The van der Waals surface area contributed by atoms with Crippen molar-refractivity contribution >= 4 is 5.97 Å². The van der Waals surface area contributed by atoms with Gasteiger partial charge in [-0.25, -0.2) is 4.79 Å². The molecule has 3 nitrogen and oxygen atoms in total. The molecule has 0 amide bonds. The summed E-state index contributed by atoms with van der Waals surface area (Å²) in [4.78, 5) is 11.4. The molecule has 0 aromatic rings. The molecule has 0 aliphatic heterocycles. The van der Waals surface area contributed by atoms with Crippen molar-refractivity contribution in [1.82, 2.24) is 0 Å². The molecule has 0 spiro atoms. The van der Waals surface area contributed by atoms with E-state index in [9.17, 15) is 4.79 Å². The lowest BCUT2D eigenvalue weighted by atomic mass is 9.83. The van der Waals surface area contributed by atoms with Gasteiger partial charge in [-0.15, -0.1) is 0 Å². The number of hydrogen-bond donors (Lipinski definition) is 1. The van der Waals surface area contributed by atoms with Gasteiger partial charge in [-0.05, 0) is 34.1 Å². The van der Waals surface area contributed by atoms with E-state index in [2.05, 4.69) is 6.58 Å². The Morgan fingerprint density at radius 1 is 1.43 bits per heavy atom. The van der Waals surface area contributed by atoms with Crippen molar-refractivity contribution in [3.63, 3.8) is 0 Å². The van der Waals surface area contributed by atoms with E-state index >= 15 is 0 Å². The molecule has 14 heavy (non-hydrogen) atoms. The topological polar surface area (TPSA) is 52.3 Å². The third-order valence-electron chi connectivity index (χ3n) is 2.70. The predicted molar refractivity (Wildman–Crippen MR) is 57.9 cm³/mol. The number of esters is 1. The highest BCUT2D eigenvalue weighted by Gasteiger charge is 2.40. The van der Waals surface area contributed by atoms with Gasteiger partial charge in [-0.2, -0.15) is 0 Å². The van der Waals surface area contributed by atoms with Crippen molar-refractivity contribution in [2.24, 2.45) is 5.73 Å². The van der Waals surface area contributed by atoms with Crippen LogP contribution in [-0.4, -0.2) is 17.1 Å². The summed E-state index contributed by atoms with van der Waals surface area (Å²) in [7, 11) is 0. The van der Waals surface area contributed by atoms with Crippen LogP contribution < -0.4 is 5.73 Å². The number of rotatable bonds is 4. The van der Waals surface area contributed by atoms with Crippen molar-refractivity contribution in [2.45, 2.75) is 52.2 Å². The number of ether oxygens (including phenoxy) is 1. The van der Waals surface area contributed by atoms with Gasteiger partial charge in [-0.3, -0.25) is 0 Å². The summed E-state index contributed by atoms with van der Waals surface area (Å²) in [6.45, 7) is 12.7. The smallest absolute Gasteiger partial charge is 0.333 e. The zero-order valence-corrected chi connectivity index (χ0v) is 9.81. The van der Waals surface area contributed by atoms with Gasteiger partial charge in [0.05, 0.1) is 0 Å². The second-order valence-corrected chi connectivity index (χ2v) is 4.48. The van der Waals surface area contributed by atoms with E-state index in [-0.39, 0.29) is 5.97 Å². The van der Waals surface area contributed by atoms with Crippen LogP contribution in [0.5, 0.6) is 0 Å². The maximum atomic E-state index is 11.4. The molecule has 0 rings (SSSR count). The van der Waals surface area contributed by atoms with E-state index in [0.717, 1.165) is 0 Å². The quantitative estimate of drug-likeness (QED) is 0.556. The van der Waals surface area contributed by atoms with Crippen LogP contribution in [0.2, 0.25) is 0 Å². The summed E-state index contributed by atoms with van der Waals surface area (Å²) < 4.78 is 5.35. The number of nitrogens with two attached hydrogens (primary N) is 1. The van der Waals surface area contributed by atoms with Gasteiger partial charge < -0.3 is 10.5 Å². The molecular weight excluding hydrogens is 178 g/mol. The number of hydrogen-bond acceptors (Lipinski definition) is 3. The first-order valence-electron chi connectivity index (χ1n) is 4.82. The second kappa shape index (κ2) is 4.13. The lowest BCUT2D eigenvalue weighted by Gasteiger charge is -2.40. The van der Waals surface area contributed by atoms with E-state index in [1.54, 1.807) is 6.92 Å². The Labute approximate surface area is 86.3 Å². The highest BCUT2D eigenvalue weighted by atomic mass is 16.6. The molecular formula is C11H21NO2. The lowest BCUT2D eigenvalue weighted by molar-refractivity contribution is -0.159. The third kappa shape index (κ3) is 2.84. The molecule has 0 radical (unpaired) electrons. The summed E-state index contributed by atoms with van der Waals surface area (Å²) >= 11 is 0. The Morgan fingerprint density at radius 2 is 1.86 bits per heavy atom. The Bertz CT molecular complexity index is 240. The van der Waals surface area contributed by atoms with Gasteiger partial charge in [0.15, 0.2) is 0 Å². The zero-order chi connectivity index (χ0) is 11.6. The van der Waals surface area contributed by atoms with Crippen LogP contribution >= 0.6 is 0 Å². The Morgan fingerprint density at radius 3 is 2.07 bits per heavy atom. The van der Waals surface area contributed by atoms with E-state index in [0.29, 0.717) is 12.0 Å². The van der Waals surface area contributed by atoms with Crippen LogP contribution in [0, 0.1) is 0 Å². The third-order valence-corrected chi connectivity index (χ3v) is 2.70. The predicted octanol–water partition coefficient (Wildman–Crippen LogP) is 2.01. The average Bonchev–Trinajstić information content (AvgIpc) is 2.01. The highest BCUT2D eigenvalue weighted by Crippen LogP contribution is 2.27. The molecule has 3 heteroatoms. The maximum Gasteiger partial charge on any atom is 0.333 e. The first-order chi connectivity index (χ1) is 6.14. The molecule has 1 unspecified atom stereocenters. The lowest BCUT2D eigenvalue weighted by Crippen LogP contribution is -2.56. The molecule has 0 aliphatic rings. The minimum absolute atomic E-state index is 0.382. The van der Waals surface area contributed by atoms with Crippen LogP contribution in [0.4, 0.5) is 0 Å². The van der Waals surface area contributed by atoms with Crippen LogP contribution in [0.3, 0.4) is 0 Å². The first kappa shape index (κ1) is 13.2. The first-order valence-corrected chi connectivity index (χ1v) is 4.82. The minimum Gasteiger partial charge on any atom is -0.454 e. The maximum absolute atomic E-state index is 11.4. The molecule has 1 atom stereocenters. The molecule has 0 saturated carbocycles. The molecule has 82 valence electrons. The fourth-order valence-corrected chi connectivity index (χ4v) is 0.951. The minimum atomic E-state index is -0.650. The summed E-state index contributed by atoms with van der Waals surface area (Å²) in [5, 5.41) is 0. The van der Waals surface area contributed by atoms with Gasteiger partial charge in [0, 0.05) is 11.1 Å². The van der Waals surface area contributed by atoms with E-state index in [1.807, 2.05) is 27.7 Å². The van der Waals surface area contributed by atoms with Gasteiger partial charge >= 0.3 is 5.97 Å². The molecule has 0 fully saturated rings. The molecule has 0 heterocycles. The summed E-state index contributed by atoms with van der Waals surface area (Å²) in [5.41, 5.74) is 5.15. The van der Waals surface area contributed by atoms with Crippen molar-refractivity contribution in [1.29, 1.82) is 0 Å². The van der Waals surface area contributed by atoms with Crippen molar-refractivity contribution in [2.75, 3.05) is 0 Å². The van der Waals surface area contributed by atoms with Crippen LogP contribution in [0.1, 0.15) is 41.0 Å². The van der Waals surface area contributed by atoms with Crippen LogP contribution in [0.25, 0.3) is 0 Å². The largest absolute Gasteiger partial charge is 0.454 e. The Hall–Kier alpha value is -0.830. The van der Waals surface area contributed by atoms with Gasteiger partial charge in [0.1, 0.15) is 5.60 Å². The molecule has 0 bridgehead atoms. The fraction of sp³-hybridized carbons (Fsp3) is 0.727. The average molecular weight is 199 g/mol. The van der Waals surface area contributed by atoms with Gasteiger partial charge in [-0.1, -0.05) is 13.5 Å². The number of carbonyl (C=O) groups is 1. The van der Waals surface area contributed by atoms with E-state index in [4.69, 9.17) is 10.5 Å². The summed E-state index contributed by atoms with van der Waals surface area (Å²) in [5.74, 6) is -0.382. The van der Waals surface area contributed by atoms with Crippen molar-refractivity contribution in [3.8, 4) is 0 Å². The normalized spacial score (nSPS) is 15.9. The summed E-state index contributed by atoms with van der Waals surface area (Å²) in [6.07, 6.45) is 0.676. The number of carbonyl (C=O) groups excluding carboxylic acids is 1. The van der Waals surface area contributed by atoms with Gasteiger partial charge in [0.25, 0.3) is 0 Å². The van der Waals surface area contributed by atoms with Gasteiger partial charge in [0.2, 0.25) is 0 Å². The van der Waals surface area contributed by atoms with Crippen molar-refractivity contribution in [3.05, 3.63) is 12.2 Å². The summed E-state index contributed by atoms with van der Waals surface area (Å²) in [6, 6.07) is 0. The molecule has 2 N–H and O–H groups in total. The SMILES string of the molecule is C=C(C)C(=O)OC(C)(CC)C(C)(C)N. The molecule has 0 saturated heterocycles. The molecule has 0 aliphatic carbocycles. The van der Waals surface area contributed by atoms with Crippen molar-refractivity contribution < 1.29 is 9.53 Å². The standard InChI is InChI=1S/C11H21NO2/c1-7-11(6,10(4,5)12)14-9(13)8(2)3/h2,7,12H2,1,3-6H3. The second-order valence-electron chi connectivity index (χ2n) is 4.48. The van der Waals surface area contributed by atoms with Crippen LogP contribution in [0.15, 0.2) is 12.2 Å². The van der Waals surface area contributed by atoms with E-state index in [1.165, 1.54) is 0 Å². The fourth-order valence-electron chi connectivity index (χ4n) is 0.951. The Kier molecular flexibility index (Phi) is 3.89. The monoisotopic (exact) mass is 199 g/mol. The van der Waals surface area contributed by atoms with Crippen LogP contribution in [-0.2, 0) is 9.53 Å².